The second kappa shape index (κ2) is 9.10. The zero-order valence-corrected chi connectivity index (χ0v) is 18.8. The van der Waals surface area contributed by atoms with Gasteiger partial charge in [-0.05, 0) is 47.4 Å². The summed E-state index contributed by atoms with van der Waals surface area (Å²) < 4.78 is 10.8. The third kappa shape index (κ3) is 4.25. The number of ether oxygens (including phenoxy) is 2. The third-order valence-electron chi connectivity index (χ3n) is 7.30. The van der Waals surface area contributed by atoms with Gasteiger partial charge in [0, 0.05) is 18.5 Å². The SMILES string of the molecule is O=C(COCCNC(=O)OCC1c2ccccc2-c2ccccc21)N[C@@H]1C[C@H]2C[C@@]2(C(=O)O)C1. The highest BCUT2D eigenvalue weighted by Gasteiger charge is 2.65. The number of carboxylic acid groups (broad SMARTS) is 1. The van der Waals surface area contributed by atoms with Crippen molar-refractivity contribution in [3.05, 3.63) is 59.7 Å². The standard InChI is InChI=1S/C26H28N2O6/c29-23(28-17-11-16-12-26(16,13-17)24(30)31)15-33-10-9-27-25(32)34-14-22-20-7-3-1-5-18(20)19-6-2-4-8-21(19)22/h1-8,16-17,22H,9-15H2,(H,27,32)(H,28,29)(H,30,31)/t16-,17+,26+/m0/s1. The van der Waals surface area contributed by atoms with Crippen molar-refractivity contribution in [1.82, 2.24) is 10.6 Å². The Bertz CT molecular complexity index is 1070. The van der Waals surface area contributed by atoms with Crippen LogP contribution in [0, 0.1) is 11.3 Å². The zero-order chi connectivity index (χ0) is 23.7. The van der Waals surface area contributed by atoms with Gasteiger partial charge in [-0.1, -0.05) is 48.5 Å². The molecule has 0 radical (unpaired) electrons. The smallest absolute Gasteiger partial charge is 0.407 e. The van der Waals surface area contributed by atoms with Crippen LogP contribution >= 0.6 is 0 Å². The molecule has 0 spiro atoms. The summed E-state index contributed by atoms with van der Waals surface area (Å²) in [5.74, 6) is -0.851. The quantitative estimate of drug-likeness (QED) is 0.492. The second-order valence-electron chi connectivity index (χ2n) is 9.37. The van der Waals surface area contributed by atoms with E-state index >= 15 is 0 Å². The van der Waals surface area contributed by atoms with E-state index in [1.807, 2.05) is 24.3 Å². The highest BCUT2D eigenvalue weighted by Crippen LogP contribution is 2.63. The molecule has 178 valence electrons. The van der Waals surface area contributed by atoms with Crippen LogP contribution in [-0.4, -0.2) is 55.5 Å². The van der Waals surface area contributed by atoms with Gasteiger partial charge in [-0.15, -0.1) is 0 Å². The van der Waals surface area contributed by atoms with Crippen LogP contribution < -0.4 is 10.6 Å². The van der Waals surface area contributed by atoms with Gasteiger partial charge in [0.05, 0.1) is 12.0 Å². The van der Waals surface area contributed by atoms with E-state index in [4.69, 9.17) is 9.47 Å². The number of carboxylic acids is 1. The first kappa shape index (κ1) is 22.4. The first-order chi connectivity index (χ1) is 16.5. The Morgan fingerprint density at radius 3 is 2.32 bits per heavy atom. The van der Waals surface area contributed by atoms with Crippen molar-refractivity contribution in [2.75, 3.05) is 26.4 Å². The number of rotatable bonds is 9. The number of hydrogen-bond donors (Lipinski definition) is 3. The normalized spacial score (nSPS) is 24.0. The molecular weight excluding hydrogens is 436 g/mol. The lowest BCUT2D eigenvalue weighted by atomic mass is 9.98. The lowest BCUT2D eigenvalue weighted by Gasteiger charge is -2.16. The molecule has 2 aromatic carbocycles. The van der Waals surface area contributed by atoms with Gasteiger partial charge >= 0.3 is 12.1 Å². The Balaban J connectivity index is 0.994. The van der Waals surface area contributed by atoms with Crippen LogP contribution in [0.5, 0.6) is 0 Å². The molecule has 5 rings (SSSR count). The van der Waals surface area contributed by atoms with Crippen molar-refractivity contribution in [3.63, 3.8) is 0 Å². The minimum absolute atomic E-state index is 0.0000136. The van der Waals surface area contributed by atoms with Crippen LogP contribution in [0.1, 0.15) is 36.3 Å². The Morgan fingerprint density at radius 2 is 1.68 bits per heavy atom. The van der Waals surface area contributed by atoms with Crippen molar-refractivity contribution in [3.8, 4) is 11.1 Å². The molecule has 2 saturated carbocycles. The number of carbonyl (C=O) groups is 3. The van der Waals surface area contributed by atoms with E-state index in [-0.39, 0.29) is 50.2 Å². The van der Waals surface area contributed by atoms with Crippen LogP contribution in [0.15, 0.2) is 48.5 Å². The first-order valence-corrected chi connectivity index (χ1v) is 11.7. The molecule has 0 aromatic heterocycles. The van der Waals surface area contributed by atoms with Crippen LogP contribution in [0.3, 0.4) is 0 Å². The predicted molar refractivity (Wildman–Crippen MR) is 123 cm³/mol. The van der Waals surface area contributed by atoms with Crippen molar-refractivity contribution in [1.29, 1.82) is 0 Å². The molecule has 8 heteroatoms. The van der Waals surface area contributed by atoms with E-state index in [9.17, 15) is 19.5 Å². The van der Waals surface area contributed by atoms with Crippen LogP contribution in [-0.2, 0) is 19.1 Å². The summed E-state index contributed by atoms with van der Waals surface area (Å²) in [4.78, 5) is 35.5. The van der Waals surface area contributed by atoms with Crippen LogP contribution in [0.2, 0.25) is 0 Å². The minimum atomic E-state index is -0.759. The molecule has 34 heavy (non-hydrogen) atoms. The number of fused-ring (bicyclic) bond motifs is 4. The molecule has 0 saturated heterocycles. The monoisotopic (exact) mass is 464 g/mol. The largest absolute Gasteiger partial charge is 0.481 e. The van der Waals surface area contributed by atoms with E-state index in [1.165, 1.54) is 11.1 Å². The molecule has 0 unspecified atom stereocenters. The molecular formula is C26H28N2O6. The number of alkyl carbamates (subject to hydrolysis) is 1. The Kier molecular flexibility index (Phi) is 6.00. The molecule has 0 bridgehead atoms. The van der Waals surface area contributed by atoms with Crippen molar-refractivity contribution >= 4 is 18.0 Å². The van der Waals surface area contributed by atoms with E-state index in [2.05, 4.69) is 34.9 Å². The fourth-order valence-corrected chi connectivity index (χ4v) is 5.57. The molecule has 3 aliphatic carbocycles. The van der Waals surface area contributed by atoms with E-state index in [1.54, 1.807) is 0 Å². The molecule has 3 aliphatic rings. The topological polar surface area (TPSA) is 114 Å². The number of nitrogens with one attached hydrogen (secondary N) is 2. The maximum atomic E-state index is 12.2. The minimum Gasteiger partial charge on any atom is -0.481 e. The van der Waals surface area contributed by atoms with Gasteiger partial charge in [0.1, 0.15) is 13.2 Å². The highest BCUT2D eigenvalue weighted by atomic mass is 16.5. The number of aliphatic carboxylic acids is 1. The van der Waals surface area contributed by atoms with Crippen molar-refractivity contribution < 1.29 is 29.0 Å². The van der Waals surface area contributed by atoms with Crippen LogP contribution in [0.25, 0.3) is 11.1 Å². The summed E-state index contributed by atoms with van der Waals surface area (Å²) >= 11 is 0. The predicted octanol–water partition coefficient (Wildman–Crippen LogP) is 2.91. The molecule has 8 nitrogen and oxygen atoms in total. The van der Waals surface area contributed by atoms with Gasteiger partial charge in [-0.25, -0.2) is 4.79 Å². The average Bonchev–Trinajstić information content (AvgIpc) is 3.26. The first-order valence-electron chi connectivity index (χ1n) is 11.7. The summed E-state index contributed by atoms with van der Waals surface area (Å²) in [6, 6.07) is 16.2. The van der Waals surface area contributed by atoms with E-state index in [0.717, 1.165) is 11.1 Å². The lowest BCUT2D eigenvalue weighted by Crippen LogP contribution is -2.38. The Hall–Kier alpha value is -3.39. The lowest BCUT2D eigenvalue weighted by molar-refractivity contribution is -0.144. The van der Waals surface area contributed by atoms with Crippen molar-refractivity contribution in [2.45, 2.75) is 31.2 Å². The maximum absolute atomic E-state index is 12.2. The molecule has 0 heterocycles. The van der Waals surface area contributed by atoms with Gasteiger partial charge in [0.15, 0.2) is 0 Å². The summed E-state index contributed by atoms with van der Waals surface area (Å²) in [7, 11) is 0. The number of amides is 2. The summed E-state index contributed by atoms with van der Waals surface area (Å²) in [6.45, 7) is 0.499. The van der Waals surface area contributed by atoms with Gasteiger partial charge in [0.25, 0.3) is 0 Å². The van der Waals surface area contributed by atoms with Gasteiger partial charge in [-0.2, -0.15) is 0 Å². The van der Waals surface area contributed by atoms with Gasteiger partial charge in [-0.3, -0.25) is 9.59 Å². The van der Waals surface area contributed by atoms with E-state index < -0.39 is 17.5 Å². The molecule has 0 aliphatic heterocycles. The number of carbonyl (C=O) groups excluding carboxylic acids is 2. The fraction of sp³-hybridized carbons (Fsp3) is 0.423. The fourth-order valence-electron chi connectivity index (χ4n) is 5.57. The summed E-state index contributed by atoms with van der Waals surface area (Å²) in [5, 5.41) is 14.8. The third-order valence-corrected chi connectivity index (χ3v) is 7.30. The van der Waals surface area contributed by atoms with E-state index in [0.29, 0.717) is 19.3 Å². The highest BCUT2D eigenvalue weighted by molar-refractivity contribution is 5.81. The molecule has 2 amide bonds. The molecule has 2 aromatic rings. The number of hydrogen-bond acceptors (Lipinski definition) is 5. The Morgan fingerprint density at radius 1 is 1.00 bits per heavy atom. The Labute approximate surface area is 197 Å². The summed E-state index contributed by atoms with van der Waals surface area (Å²) in [5.41, 5.74) is 4.03. The molecule has 3 atom stereocenters. The second-order valence-corrected chi connectivity index (χ2v) is 9.37. The van der Waals surface area contributed by atoms with Gasteiger partial charge < -0.3 is 25.2 Å². The maximum Gasteiger partial charge on any atom is 0.407 e. The van der Waals surface area contributed by atoms with Crippen molar-refractivity contribution in [2.24, 2.45) is 11.3 Å². The zero-order valence-electron chi connectivity index (χ0n) is 18.8. The number of benzene rings is 2. The average molecular weight is 465 g/mol. The summed E-state index contributed by atoms with van der Waals surface area (Å²) in [6.07, 6.45) is 1.38. The molecule has 2 fully saturated rings. The molecule has 3 N–H and O–H groups in total. The van der Waals surface area contributed by atoms with Crippen LogP contribution in [0.4, 0.5) is 4.79 Å². The van der Waals surface area contributed by atoms with Gasteiger partial charge in [0.2, 0.25) is 5.91 Å².